The van der Waals surface area contributed by atoms with Gasteiger partial charge in [-0.25, -0.2) is 0 Å². The normalized spacial score (nSPS) is 24.7. The molecule has 1 unspecified atom stereocenters. The molecule has 0 bridgehead atoms. The van der Waals surface area contributed by atoms with Crippen LogP contribution in [0.2, 0.25) is 25.4 Å². The van der Waals surface area contributed by atoms with Gasteiger partial charge in [0, 0.05) is 0 Å². The summed E-state index contributed by atoms with van der Waals surface area (Å²) in [4.78, 5) is 0. The number of benzene rings is 1. The average Bonchev–Trinajstić information content (AvgIpc) is 2.83. The van der Waals surface area contributed by atoms with Crippen LogP contribution in [-0.2, 0) is 16.6 Å². The molecular formula is C22H34SiTi. The summed E-state index contributed by atoms with van der Waals surface area (Å²) >= 11 is -1.88. The van der Waals surface area contributed by atoms with Gasteiger partial charge in [-0.15, -0.1) is 0 Å². The molecule has 2 heteroatoms. The van der Waals surface area contributed by atoms with Gasteiger partial charge in [0.05, 0.1) is 0 Å². The molecule has 24 heavy (non-hydrogen) atoms. The van der Waals surface area contributed by atoms with Gasteiger partial charge in [0.1, 0.15) is 0 Å². The molecule has 1 atom stereocenters. The second-order valence-corrected chi connectivity index (χ2v) is 19.3. The molecule has 0 nitrogen and oxygen atoms in total. The second-order valence-electron chi connectivity index (χ2n) is 9.07. The van der Waals surface area contributed by atoms with Crippen molar-refractivity contribution in [3.8, 4) is 0 Å². The summed E-state index contributed by atoms with van der Waals surface area (Å²) in [7, 11) is -0.230. The van der Waals surface area contributed by atoms with E-state index in [0.717, 1.165) is 0 Å². The molecule has 0 spiro atoms. The molecule has 0 radical (unpaired) electrons. The minimum absolute atomic E-state index is 0.230. The molecule has 2 aliphatic carbocycles. The van der Waals surface area contributed by atoms with Crippen LogP contribution in [0.15, 0.2) is 41.0 Å². The average molecular weight is 374 g/mol. The van der Waals surface area contributed by atoms with Crippen molar-refractivity contribution in [1.82, 2.24) is 0 Å². The quantitative estimate of drug-likeness (QED) is 0.584. The van der Waals surface area contributed by atoms with Gasteiger partial charge in [-0.1, -0.05) is 0 Å². The Labute approximate surface area is 155 Å². The first-order valence-electron chi connectivity index (χ1n) is 9.74. The Morgan fingerprint density at radius 3 is 2.46 bits per heavy atom. The van der Waals surface area contributed by atoms with E-state index >= 15 is 0 Å². The molecule has 3 rings (SSSR count). The second kappa shape index (κ2) is 6.74. The summed E-state index contributed by atoms with van der Waals surface area (Å²) in [6.45, 7) is 7.01. The molecular weight excluding hydrogens is 340 g/mol. The van der Waals surface area contributed by atoms with Crippen molar-refractivity contribution in [3.63, 3.8) is 0 Å². The summed E-state index contributed by atoms with van der Waals surface area (Å²) in [6.07, 6.45) is 8.33. The van der Waals surface area contributed by atoms with Crippen LogP contribution in [0.5, 0.6) is 0 Å². The van der Waals surface area contributed by atoms with Gasteiger partial charge < -0.3 is 0 Å². The molecule has 0 saturated heterocycles. The fraction of sp³-hybridized carbons (Fsp3) is 0.545. The zero-order valence-electron chi connectivity index (χ0n) is 16.6. The Bertz CT molecular complexity index is 705. The van der Waals surface area contributed by atoms with Gasteiger partial charge in [0.2, 0.25) is 0 Å². The van der Waals surface area contributed by atoms with Crippen LogP contribution in [0.1, 0.15) is 43.7 Å². The maximum absolute atomic E-state index is 2.76. The Morgan fingerprint density at radius 1 is 1.04 bits per heavy atom. The van der Waals surface area contributed by atoms with Crippen molar-refractivity contribution in [2.75, 3.05) is 0 Å². The maximum atomic E-state index is 2.76. The van der Waals surface area contributed by atoms with E-state index in [9.17, 15) is 0 Å². The van der Waals surface area contributed by atoms with E-state index in [-0.39, 0.29) is 9.52 Å². The topological polar surface area (TPSA) is 0 Å². The summed E-state index contributed by atoms with van der Waals surface area (Å²) in [5.74, 6) is 0. The van der Waals surface area contributed by atoms with E-state index in [1.165, 1.54) is 37.3 Å². The molecule has 130 valence electrons. The first-order chi connectivity index (χ1) is 11.3. The predicted octanol–water partition coefficient (Wildman–Crippen LogP) is 5.80. The fourth-order valence-electron chi connectivity index (χ4n) is 5.06. The van der Waals surface area contributed by atoms with Gasteiger partial charge in [-0.3, -0.25) is 0 Å². The Hall–Kier alpha value is -0.369. The van der Waals surface area contributed by atoms with Crippen molar-refractivity contribution in [1.29, 1.82) is 0 Å². The molecule has 0 amide bonds. The number of allylic oxidation sites excluding steroid dienone is 4. The third kappa shape index (κ3) is 3.08. The summed E-state index contributed by atoms with van der Waals surface area (Å²) in [5.41, 5.74) is 8.35. The van der Waals surface area contributed by atoms with Crippen LogP contribution < -0.4 is 5.19 Å². The molecule has 0 aliphatic heterocycles. The van der Waals surface area contributed by atoms with Gasteiger partial charge >= 0.3 is 155 Å². The van der Waals surface area contributed by atoms with E-state index < -0.39 is 16.6 Å². The van der Waals surface area contributed by atoms with Crippen LogP contribution >= 0.6 is 0 Å². The fourth-order valence-corrected chi connectivity index (χ4v) is 14.8. The summed E-state index contributed by atoms with van der Waals surface area (Å²) in [6, 6.07) is 8.43. The minimum atomic E-state index is -1.88. The van der Waals surface area contributed by atoms with Crippen LogP contribution in [0, 0.1) is 13.8 Å². The molecule has 0 fully saturated rings. The Balaban J connectivity index is 1.97. The van der Waals surface area contributed by atoms with Crippen LogP contribution in [-0.4, -0.2) is 9.52 Å². The standard InChI is InChI=1S/C19H25Si.3CH3.Ti/c1-13-7-6-10-19(15(13)3)20-12-16-11-14(2)17-8-4-5-9-18(16)17;;;;/h6-7,10-11H,4-5,8-9,12,20H2,1-3H3;3*1H3;. The third-order valence-electron chi connectivity index (χ3n) is 6.79. The van der Waals surface area contributed by atoms with Crippen LogP contribution in [0.3, 0.4) is 0 Å². The molecule has 1 aromatic carbocycles. The predicted molar refractivity (Wildman–Crippen MR) is 108 cm³/mol. The number of aryl methyl sites for hydroxylation is 1. The van der Waals surface area contributed by atoms with E-state index in [1.807, 2.05) is 5.57 Å². The zero-order valence-corrected chi connectivity index (χ0v) is 19.5. The SMILES string of the molecule is CC1=C[C](C[SiH2]c2cccc(C)c2C)([Ti]([CH3])([CH3])[CH3])C2=C1CCCC2. The molecule has 1 aromatic rings. The van der Waals surface area contributed by atoms with Gasteiger partial charge in [-0.05, 0) is 0 Å². The zero-order chi connectivity index (χ0) is 17.5. The number of rotatable bonds is 4. The Morgan fingerprint density at radius 2 is 1.75 bits per heavy atom. The van der Waals surface area contributed by atoms with Crippen molar-refractivity contribution in [3.05, 3.63) is 52.1 Å². The van der Waals surface area contributed by atoms with E-state index in [4.69, 9.17) is 0 Å². The molecule has 0 N–H and O–H groups in total. The van der Waals surface area contributed by atoms with Crippen LogP contribution in [0.4, 0.5) is 0 Å². The number of hydrogen-bond donors (Lipinski definition) is 0. The van der Waals surface area contributed by atoms with Crippen molar-refractivity contribution in [2.24, 2.45) is 0 Å². The first kappa shape index (κ1) is 18.4. The summed E-state index contributed by atoms with van der Waals surface area (Å²) < 4.78 is 0.502. The van der Waals surface area contributed by atoms with Gasteiger partial charge in [0.25, 0.3) is 0 Å². The Kier molecular flexibility index (Phi) is 5.18. The van der Waals surface area contributed by atoms with E-state index in [1.54, 1.807) is 21.9 Å². The molecule has 2 aliphatic rings. The van der Waals surface area contributed by atoms with Gasteiger partial charge in [0.15, 0.2) is 0 Å². The molecule has 0 saturated carbocycles. The van der Waals surface area contributed by atoms with E-state index in [0.29, 0.717) is 3.72 Å². The van der Waals surface area contributed by atoms with E-state index in [2.05, 4.69) is 60.7 Å². The van der Waals surface area contributed by atoms with Gasteiger partial charge in [-0.2, -0.15) is 0 Å². The van der Waals surface area contributed by atoms with Crippen molar-refractivity contribution < 1.29 is 16.6 Å². The molecule has 0 aromatic heterocycles. The third-order valence-corrected chi connectivity index (χ3v) is 15.2. The number of hydrogen-bond acceptors (Lipinski definition) is 0. The van der Waals surface area contributed by atoms with Crippen LogP contribution in [0.25, 0.3) is 0 Å². The summed E-state index contributed by atoms with van der Waals surface area (Å²) in [5, 5.41) is 9.68. The molecule has 0 heterocycles. The monoisotopic (exact) mass is 374 g/mol. The first-order valence-corrected chi connectivity index (χ1v) is 16.9. The van der Waals surface area contributed by atoms with Crippen molar-refractivity contribution in [2.45, 2.75) is 71.9 Å². The van der Waals surface area contributed by atoms with Crippen molar-refractivity contribution >= 4 is 14.7 Å².